The van der Waals surface area contributed by atoms with E-state index < -0.39 is 29.1 Å². The van der Waals surface area contributed by atoms with Gasteiger partial charge in [0.1, 0.15) is 11.7 Å². The number of aromatic nitrogens is 1. The minimum Gasteiger partial charge on any atom is -0.383 e. The van der Waals surface area contributed by atoms with Crippen LogP contribution in [0.2, 0.25) is 5.02 Å². The van der Waals surface area contributed by atoms with E-state index in [1.54, 1.807) is 6.20 Å². The van der Waals surface area contributed by atoms with Crippen molar-refractivity contribution in [2.75, 3.05) is 13.1 Å². The quantitative estimate of drug-likeness (QED) is 0.338. The first-order chi connectivity index (χ1) is 16.1. The summed E-state index contributed by atoms with van der Waals surface area (Å²) < 4.78 is 54.7. The van der Waals surface area contributed by atoms with Gasteiger partial charge < -0.3 is 11.1 Å². The molecule has 0 bridgehead atoms. The number of nitrogens with two attached hydrogens (primary N) is 1. The Morgan fingerprint density at radius 2 is 1.91 bits per heavy atom. The van der Waals surface area contributed by atoms with Crippen LogP contribution in [-0.4, -0.2) is 46.7 Å². The van der Waals surface area contributed by atoms with Gasteiger partial charge in [0.05, 0.1) is 28.0 Å². The molecule has 0 spiro atoms. The molecule has 4 rings (SSSR count). The lowest BCUT2D eigenvalue weighted by molar-refractivity contribution is -0.0860. The number of allylic oxidation sites excluding steroid dienone is 1. The Morgan fingerprint density at radius 3 is 2.53 bits per heavy atom. The summed E-state index contributed by atoms with van der Waals surface area (Å²) in [6.45, 7) is 2.44. The van der Waals surface area contributed by atoms with Crippen LogP contribution in [0.4, 0.5) is 17.6 Å². The standard InChI is InChI=1S/C24H24ClF4N5/c25-21-5-4-16(26)9-19(21)22(30)10-20(24(27,28)29)23(31)33-18-7-14-11-34(12-15(14)8-18)13-17-3-1-2-6-32-17/h1-6,9-10,14-15,18,30H,7-8,11-13H2,(H2,31,33)/b20-10+,30-22?/t14-,15+,18?. The maximum Gasteiger partial charge on any atom is 0.420 e. The first-order valence-corrected chi connectivity index (χ1v) is 11.3. The molecule has 2 heterocycles. The highest BCUT2D eigenvalue weighted by Gasteiger charge is 2.42. The van der Waals surface area contributed by atoms with Gasteiger partial charge in [0.15, 0.2) is 0 Å². The molecule has 2 aliphatic rings. The van der Waals surface area contributed by atoms with Crippen molar-refractivity contribution in [3.8, 4) is 0 Å². The van der Waals surface area contributed by atoms with Crippen LogP contribution >= 0.6 is 11.6 Å². The van der Waals surface area contributed by atoms with Crippen molar-refractivity contribution in [1.29, 1.82) is 5.41 Å². The highest BCUT2D eigenvalue weighted by Crippen LogP contribution is 2.40. The van der Waals surface area contributed by atoms with Crippen molar-refractivity contribution in [2.24, 2.45) is 22.6 Å². The molecule has 3 N–H and O–H groups in total. The molecule has 180 valence electrons. The van der Waals surface area contributed by atoms with Crippen molar-refractivity contribution >= 4 is 23.1 Å². The second-order valence-electron chi connectivity index (χ2n) is 8.77. The predicted molar refractivity (Wildman–Crippen MR) is 124 cm³/mol. The Labute approximate surface area is 199 Å². The van der Waals surface area contributed by atoms with Gasteiger partial charge in [-0.3, -0.25) is 14.9 Å². The third-order valence-electron chi connectivity index (χ3n) is 6.32. The summed E-state index contributed by atoms with van der Waals surface area (Å²) in [5.74, 6) is -0.691. The SMILES string of the molecule is N=C(/C=C(\C(N)=NC1C[C@@H]2CN(Cc3ccccn3)C[C@@H]2C1)C(F)(F)F)c1cc(F)ccc1Cl. The Balaban J connectivity index is 1.45. The van der Waals surface area contributed by atoms with E-state index in [4.69, 9.17) is 22.7 Å². The van der Waals surface area contributed by atoms with Crippen molar-refractivity contribution in [1.82, 2.24) is 9.88 Å². The fraction of sp³-hybridized carbons (Fsp3) is 0.375. The normalized spacial score (nSPS) is 23.9. The number of nitrogens with one attached hydrogen (secondary N) is 1. The van der Waals surface area contributed by atoms with Gasteiger partial charge in [0.25, 0.3) is 0 Å². The fourth-order valence-electron chi connectivity index (χ4n) is 4.81. The van der Waals surface area contributed by atoms with E-state index in [9.17, 15) is 17.6 Å². The smallest absolute Gasteiger partial charge is 0.383 e. The molecule has 1 aromatic carbocycles. The number of halogens is 5. The average molecular weight is 494 g/mol. The topological polar surface area (TPSA) is 78.4 Å². The van der Waals surface area contributed by atoms with E-state index in [1.807, 2.05) is 18.2 Å². The minimum atomic E-state index is -4.83. The second kappa shape index (κ2) is 9.84. The zero-order valence-corrected chi connectivity index (χ0v) is 19.0. The number of aliphatic imine (C=N–C) groups is 1. The van der Waals surface area contributed by atoms with Crippen LogP contribution in [0.1, 0.15) is 24.1 Å². The molecular formula is C24H24ClF4N5. The van der Waals surface area contributed by atoms with Gasteiger partial charge in [-0.2, -0.15) is 13.2 Å². The summed E-state index contributed by atoms with van der Waals surface area (Å²) in [5, 5.41) is 8.00. The third-order valence-corrected chi connectivity index (χ3v) is 6.65. The highest BCUT2D eigenvalue weighted by molar-refractivity contribution is 6.35. The zero-order valence-electron chi connectivity index (χ0n) is 18.2. The Hall–Kier alpha value is -2.78. The molecule has 10 heteroatoms. The van der Waals surface area contributed by atoms with Gasteiger partial charge >= 0.3 is 6.18 Å². The molecule has 1 aliphatic heterocycles. The number of hydrogen-bond donors (Lipinski definition) is 2. The van der Waals surface area contributed by atoms with Crippen molar-refractivity contribution in [3.63, 3.8) is 0 Å². The van der Waals surface area contributed by atoms with Crippen LogP contribution in [0.5, 0.6) is 0 Å². The summed E-state index contributed by atoms with van der Waals surface area (Å²) in [7, 11) is 0. The van der Waals surface area contributed by atoms with Gasteiger partial charge in [-0.15, -0.1) is 0 Å². The number of nitrogens with zero attached hydrogens (tertiary/aromatic N) is 3. The molecule has 1 saturated heterocycles. The number of likely N-dealkylation sites (tertiary alicyclic amines) is 1. The lowest BCUT2D eigenvalue weighted by Crippen LogP contribution is -2.29. The number of rotatable bonds is 6. The van der Waals surface area contributed by atoms with Crippen LogP contribution in [0.25, 0.3) is 0 Å². The molecule has 3 atom stereocenters. The average Bonchev–Trinajstić information content (AvgIpc) is 3.31. The Kier molecular flexibility index (Phi) is 7.04. The molecule has 2 aromatic rings. The monoisotopic (exact) mass is 493 g/mol. The Morgan fingerprint density at radius 1 is 1.21 bits per heavy atom. The van der Waals surface area contributed by atoms with E-state index in [-0.39, 0.29) is 16.6 Å². The lowest BCUT2D eigenvalue weighted by atomic mass is 10.0. The number of fused-ring (bicyclic) bond motifs is 1. The molecule has 0 amide bonds. The first kappa shape index (κ1) is 24.3. The summed E-state index contributed by atoms with van der Waals surface area (Å²) in [4.78, 5) is 10.9. The van der Waals surface area contributed by atoms with E-state index in [1.165, 1.54) is 6.07 Å². The summed E-state index contributed by atoms with van der Waals surface area (Å²) >= 11 is 5.94. The van der Waals surface area contributed by atoms with E-state index in [0.29, 0.717) is 30.8 Å². The fourth-order valence-corrected chi connectivity index (χ4v) is 5.03. The molecule has 2 fully saturated rings. The second-order valence-corrected chi connectivity index (χ2v) is 9.18. The predicted octanol–water partition coefficient (Wildman–Crippen LogP) is 5.00. The highest BCUT2D eigenvalue weighted by atomic mass is 35.5. The molecule has 1 aliphatic carbocycles. The largest absolute Gasteiger partial charge is 0.420 e. The first-order valence-electron chi connectivity index (χ1n) is 10.9. The number of amidine groups is 1. The van der Waals surface area contributed by atoms with Gasteiger partial charge in [-0.05, 0) is 61.1 Å². The van der Waals surface area contributed by atoms with Crippen LogP contribution in [-0.2, 0) is 6.54 Å². The van der Waals surface area contributed by atoms with Crippen LogP contribution in [0, 0.1) is 23.1 Å². The van der Waals surface area contributed by atoms with Crippen molar-refractivity contribution in [3.05, 3.63) is 76.3 Å². The summed E-state index contributed by atoms with van der Waals surface area (Å²) in [5.41, 5.74) is 4.81. The van der Waals surface area contributed by atoms with Gasteiger partial charge in [0, 0.05) is 31.4 Å². The zero-order chi connectivity index (χ0) is 24.5. The Bertz CT molecular complexity index is 1100. The van der Waals surface area contributed by atoms with E-state index in [0.717, 1.165) is 37.5 Å². The number of hydrogen-bond acceptors (Lipinski definition) is 4. The molecule has 0 radical (unpaired) electrons. The van der Waals surface area contributed by atoms with Crippen LogP contribution < -0.4 is 5.73 Å². The van der Waals surface area contributed by atoms with Crippen molar-refractivity contribution in [2.45, 2.75) is 31.6 Å². The maximum atomic E-state index is 13.7. The van der Waals surface area contributed by atoms with E-state index >= 15 is 0 Å². The molecule has 1 saturated carbocycles. The molecule has 1 unspecified atom stereocenters. The summed E-state index contributed by atoms with van der Waals surface area (Å²) in [6, 6.07) is 8.64. The van der Waals surface area contributed by atoms with Crippen LogP contribution in [0.3, 0.4) is 0 Å². The van der Waals surface area contributed by atoms with Crippen LogP contribution in [0.15, 0.2) is 59.2 Å². The van der Waals surface area contributed by atoms with Gasteiger partial charge in [-0.1, -0.05) is 17.7 Å². The molecule has 5 nitrogen and oxygen atoms in total. The van der Waals surface area contributed by atoms with Gasteiger partial charge in [0.2, 0.25) is 0 Å². The third kappa shape index (κ3) is 5.64. The summed E-state index contributed by atoms with van der Waals surface area (Å²) in [6.07, 6.45) is -1.20. The molecular weight excluding hydrogens is 470 g/mol. The molecule has 1 aromatic heterocycles. The number of alkyl halides is 3. The minimum absolute atomic E-state index is 0.0291. The number of pyridine rings is 1. The number of benzene rings is 1. The lowest BCUT2D eigenvalue weighted by Gasteiger charge is -2.18. The van der Waals surface area contributed by atoms with Crippen molar-refractivity contribution < 1.29 is 17.6 Å². The molecule has 34 heavy (non-hydrogen) atoms. The maximum absolute atomic E-state index is 13.7. The van der Waals surface area contributed by atoms with E-state index in [2.05, 4.69) is 14.9 Å². The van der Waals surface area contributed by atoms with Gasteiger partial charge in [-0.25, -0.2) is 4.39 Å².